The van der Waals surface area contributed by atoms with Crippen molar-refractivity contribution in [2.45, 2.75) is 37.7 Å². The lowest BCUT2D eigenvalue weighted by Crippen LogP contribution is -2.44. The highest BCUT2D eigenvalue weighted by Crippen LogP contribution is 2.30. The van der Waals surface area contributed by atoms with Gasteiger partial charge in [-0.2, -0.15) is 0 Å². The Labute approximate surface area is 85.2 Å². The second-order valence-electron chi connectivity index (χ2n) is 3.91. The normalized spacial score (nSPS) is 20.4. The summed E-state index contributed by atoms with van der Waals surface area (Å²) >= 11 is 0. The molecule has 0 aromatic heterocycles. The van der Waals surface area contributed by atoms with Crippen LogP contribution in [0.1, 0.15) is 32.1 Å². The molecule has 0 aromatic carbocycles. The number of hydrogen-bond acceptors (Lipinski definition) is 3. The van der Waals surface area contributed by atoms with Crippen molar-refractivity contribution in [3.05, 3.63) is 0 Å². The Morgan fingerprint density at radius 1 is 1.43 bits per heavy atom. The van der Waals surface area contributed by atoms with Gasteiger partial charge in [-0.15, -0.1) is 0 Å². The van der Waals surface area contributed by atoms with E-state index in [9.17, 15) is 4.79 Å². The predicted octanol–water partition coefficient (Wildman–Crippen LogP) is 0.411. The Hall–Kier alpha value is -0.610. The molecule has 1 fully saturated rings. The van der Waals surface area contributed by atoms with Gasteiger partial charge in [-0.25, -0.2) is 0 Å². The van der Waals surface area contributed by atoms with Gasteiger partial charge in [-0.05, 0) is 12.8 Å². The maximum Gasteiger partial charge on any atom is 0.245 e. The van der Waals surface area contributed by atoms with Gasteiger partial charge in [0.05, 0.1) is 5.60 Å². The first-order valence-electron chi connectivity index (χ1n) is 5.27. The van der Waals surface area contributed by atoms with Crippen LogP contribution in [0.3, 0.4) is 0 Å². The summed E-state index contributed by atoms with van der Waals surface area (Å²) in [7, 11) is 1.61. The van der Waals surface area contributed by atoms with Crippen LogP contribution in [0.5, 0.6) is 0 Å². The zero-order valence-electron chi connectivity index (χ0n) is 8.84. The fourth-order valence-corrected chi connectivity index (χ4v) is 1.89. The van der Waals surface area contributed by atoms with Gasteiger partial charge in [-0.3, -0.25) is 4.79 Å². The van der Waals surface area contributed by atoms with Crippen molar-refractivity contribution in [3.63, 3.8) is 0 Å². The van der Waals surface area contributed by atoms with E-state index in [1.54, 1.807) is 7.05 Å². The van der Waals surface area contributed by atoms with Gasteiger partial charge in [0.25, 0.3) is 0 Å². The lowest BCUT2D eigenvalue weighted by molar-refractivity contribution is -0.134. The maximum atomic E-state index is 11.0. The standard InChI is InChI=1S/C10H20N2O2/c1-12-9(13)7-14-10(8-11)5-3-2-4-6-10/h2-8,11H2,1H3,(H,12,13). The van der Waals surface area contributed by atoms with Crippen LogP contribution < -0.4 is 11.1 Å². The van der Waals surface area contributed by atoms with Crippen LogP contribution in [0, 0.1) is 0 Å². The van der Waals surface area contributed by atoms with Gasteiger partial charge in [0.15, 0.2) is 0 Å². The highest BCUT2D eigenvalue weighted by Gasteiger charge is 2.31. The van der Waals surface area contributed by atoms with E-state index in [2.05, 4.69) is 5.32 Å². The zero-order chi connectivity index (χ0) is 10.4. The van der Waals surface area contributed by atoms with Crippen molar-refractivity contribution in [2.24, 2.45) is 5.73 Å². The van der Waals surface area contributed by atoms with Gasteiger partial charge < -0.3 is 15.8 Å². The molecule has 1 aliphatic rings. The van der Waals surface area contributed by atoms with Crippen molar-refractivity contribution in [1.29, 1.82) is 0 Å². The molecule has 1 amide bonds. The Bertz CT molecular complexity index is 189. The lowest BCUT2D eigenvalue weighted by Gasteiger charge is -2.35. The first-order valence-corrected chi connectivity index (χ1v) is 5.27. The van der Waals surface area contributed by atoms with E-state index >= 15 is 0 Å². The third-order valence-electron chi connectivity index (χ3n) is 2.93. The van der Waals surface area contributed by atoms with Gasteiger partial charge in [0, 0.05) is 13.6 Å². The van der Waals surface area contributed by atoms with Crippen LogP contribution in [-0.2, 0) is 9.53 Å². The molecule has 1 rings (SSSR count). The Kier molecular flexibility index (Phi) is 4.35. The number of likely N-dealkylation sites (N-methyl/N-ethyl adjacent to an activating group) is 1. The summed E-state index contributed by atoms with van der Waals surface area (Å²) in [5.74, 6) is -0.0802. The third kappa shape index (κ3) is 2.96. The van der Waals surface area contributed by atoms with Gasteiger partial charge in [0.2, 0.25) is 5.91 Å². The lowest BCUT2D eigenvalue weighted by atomic mass is 9.85. The summed E-state index contributed by atoms with van der Waals surface area (Å²) < 4.78 is 5.64. The molecule has 0 unspecified atom stereocenters. The predicted molar refractivity (Wildman–Crippen MR) is 54.9 cm³/mol. The van der Waals surface area contributed by atoms with Crippen LogP contribution in [0.4, 0.5) is 0 Å². The molecule has 3 N–H and O–H groups in total. The number of nitrogens with two attached hydrogens (primary N) is 1. The Morgan fingerprint density at radius 2 is 2.07 bits per heavy atom. The van der Waals surface area contributed by atoms with Crippen LogP contribution >= 0.6 is 0 Å². The Morgan fingerprint density at radius 3 is 2.57 bits per heavy atom. The van der Waals surface area contributed by atoms with E-state index in [0.717, 1.165) is 25.7 Å². The van der Waals surface area contributed by atoms with Gasteiger partial charge >= 0.3 is 0 Å². The minimum absolute atomic E-state index is 0.0802. The van der Waals surface area contributed by atoms with Crippen molar-refractivity contribution in [1.82, 2.24) is 5.32 Å². The summed E-state index contributed by atoms with van der Waals surface area (Å²) in [6, 6.07) is 0. The maximum absolute atomic E-state index is 11.0. The average molecular weight is 200 g/mol. The van der Waals surface area contributed by atoms with Crippen molar-refractivity contribution in [3.8, 4) is 0 Å². The second-order valence-corrected chi connectivity index (χ2v) is 3.91. The average Bonchev–Trinajstić information content (AvgIpc) is 2.27. The van der Waals surface area contributed by atoms with E-state index < -0.39 is 0 Å². The van der Waals surface area contributed by atoms with Crippen LogP contribution in [0.25, 0.3) is 0 Å². The van der Waals surface area contributed by atoms with Gasteiger partial charge in [-0.1, -0.05) is 19.3 Å². The van der Waals surface area contributed by atoms with Crippen LogP contribution in [0.15, 0.2) is 0 Å². The SMILES string of the molecule is CNC(=O)COC1(CN)CCCCC1. The summed E-state index contributed by atoms with van der Waals surface area (Å²) in [5, 5.41) is 2.54. The number of amides is 1. The molecule has 0 atom stereocenters. The van der Waals surface area contributed by atoms with E-state index in [1.165, 1.54) is 6.42 Å². The van der Waals surface area contributed by atoms with Crippen LogP contribution in [0.2, 0.25) is 0 Å². The number of rotatable bonds is 4. The fourth-order valence-electron chi connectivity index (χ4n) is 1.89. The first kappa shape index (κ1) is 11.5. The smallest absolute Gasteiger partial charge is 0.245 e. The quantitative estimate of drug-likeness (QED) is 0.691. The molecule has 0 bridgehead atoms. The summed E-state index contributed by atoms with van der Waals surface area (Å²) in [6.45, 7) is 0.650. The number of ether oxygens (including phenoxy) is 1. The number of carbonyl (C=O) groups is 1. The molecule has 4 nitrogen and oxygen atoms in total. The van der Waals surface area contributed by atoms with E-state index in [-0.39, 0.29) is 18.1 Å². The third-order valence-corrected chi connectivity index (χ3v) is 2.93. The van der Waals surface area contributed by atoms with Crippen molar-refractivity contribution < 1.29 is 9.53 Å². The monoisotopic (exact) mass is 200 g/mol. The molecular formula is C10H20N2O2. The van der Waals surface area contributed by atoms with Crippen LogP contribution in [-0.4, -0.2) is 31.7 Å². The first-order chi connectivity index (χ1) is 6.72. The topological polar surface area (TPSA) is 64.3 Å². The Balaban J connectivity index is 2.39. The van der Waals surface area contributed by atoms with E-state index in [0.29, 0.717) is 6.54 Å². The molecule has 82 valence electrons. The molecule has 1 aliphatic carbocycles. The molecular weight excluding hydrogens is 180 g/mol. The van der Waals surface area contributed by atoms with E-state index in [4.69, 9.17) is 10.5 Å². The van der Waals surface area contributed by atoms with Gasteiger partial charge in [0.1, 0.15) is 6.61 Å². The molecule has 0 spiro atoms. The molecule has 14 heavy (non-hydrogen) atoms. The number of hydrogen-bond donors (Lipinski definition) is 2. The highest BCUT2D eigenvalue weighted by atomic mass is 16.5. The molecule has 0 heterocycles. The molecule has 1 saturated carbocycles. The van der Waals surface area contributed by atoms with Crippen molar-refractivity contribution >= 4 is 5.91 Å². The fraction of sp³-hybridized carbons (Fsp3) is 0.900. The van der Waals surface area contributed by atoms with E-state index in [1.807, 2.05) is 0 Å². The largest absolute Gasteiger partial charge is 0.364 e. The highest BCUT2D eigenvalue weighted by molar-refractivity contribution is 5.76. The summed E-state index contributed by atoms with van der Waals surface area (Å²) in [5.41, 5.74) is 5.48. The summed E-state index contributed by atoms with van der Waals surface area (Å²) in [6.07, 6.45) is 5.54. The minimum Gasteiger partial charge on any atom is -0.364 e. The molecule has 0 aliphatic heterocycles. The number of carbonyl (C=O) groups excluding carboxylic acids is 1. The zero-order valence-corrected chi connectivity index (χ0v) is 8.84. The molecule has 0 radical (unpaired) electrons. The molecule has 0 aromatic rings. The molecule has 4 heteroatoms. The molecule has 0 saturated heterocycles. The second kappa shape index (κ2) is 5.32. The summed E-state index contributed by atoms with van der Waals surface area (Å²) in [4.78, 5) is 11.0. The van der Waals surface area contributed by atoms with Crippen molar-refractivity contribution in [2.75, 3.05) is 20.2 Å². The number of nitrogens with one attached hydrogen (secondary N) is 1. The minimum atomic E-state index is -0.231.